The van der Waals surface area contributed by atoms with E-state index in [4.69, 9.17) is 4.42 Å². The van der Waals surface area contributed by atoms with E-state index in [1.807, 2.05) is 13.8 Å². The van der Waals surface area contributed by atoms with Crippen molar-refractivity contribution in [3.8, 4) is 5.75 Å². The van der Waals surface area contributed by atoms with Crippen LogP contribution in [0.15, 0.2) is 21.3 Å². The number of rotatable bonds is 4. The van der Waals surface area contributed by atoms with E-state index in [0.29, 0.717) is 31.0 Å². The monoisotopic (exact) mass is 405 g/mol. The number of hydrogen-bond donors (Lipinski definition) is 0. The van der Waals surface area contributed by atoms with Crippen LogP contribution in [0.3, 0.4) is 0 Å². The zero-order chi connectivity index (χ0) is 20.0. The van der Waals surface area contributed by atoms with Gasteiger partial charge in [0.05, 0.1) is 11.5 Å². The van der Waals surface area contributed by atoms with Crippen molar-refractivity contribution in [1.82, 2.24) is 0 Å². The zero-order valence-electron chi connectivity index (χ0n) is 14.7. The highest BCUT2D eigenvalue weighted by atomic mass is 32.2. The van der Waals surface area contributed by atoms with Crippen LogP contribution in [-0.4, -0.2) is 27.0 Å². The summed E-state index contributed by atoms with van der Waals surface area (Å²) in [5.41, 5.74) is -4.14. The number of benzene rings is 1. The first-order valence-corrected chi connectivity index (χ1v) is 9.88. The lowest BCUT2D eigenvalue weighted by molar-refractivity contribution is -0.0499. The number of anilines is 1. The van der Waals surface area contributed by atoms with E-state index in [2.05, 4.69) is 9.08 Å². The van der Waals surface area contributed by atoms with Gasteiger partial charge in [-0.3, -0.25) is 0 Å². The third-order valence-electron chi connectivity index (χ3n) is 4.55. The molecule has 0 unspecified atom stereocenters. The van der Waals surface area contributed by atoms with Crippen molar-refractivity contribution in [1.29, 1.82) is 0 Å². The molecule has 0 fully saturated rings. The quantitative estimate of drug-likeness (QED) is 0.441. The third-order valence-corrected chi connectivity index (χ3v) is 5.52. The van der Waals surface area contributed by atoms with Crippen LogP contribution in [-0.2, 0) is 23.0 Å². The molecule has 3 rings (SSSR count). The van der Waals surface area contributed by atoms with Crippen LogP contribution in [0.4, 0.5) is 18.9 Å². The van der Waals surface area contributed by atoms with E-state index in [1.165, 1.54) is 0 Å². The molecule has 0 saturated heterocycles. The second-order valence-corrected chi connectivity index (χ2v) is 7.73. The van der Waals surface area contributed by atoms with Crippen LogP contribution >= 0.6 is 0 Å². The van der Waals surface area contributed by atoms with Crippen molar-refractivity contribution in [3.63, 3.8) is 0 Å². The molecule has 1 aromatic heterocycles. The number of hydrogen-bond acceptors (Lipinski definition) is 6. The zero-order valence-corrected chi connectivity index (χ0v) is 15.5. The lowest BCUT2D eigenvalue weighted by atomic mass is 9.93. The van der Waals surface area contributed by atoms with E-state index in [9.17, 15) is 26.4 Å². The van der Waals surface area contributed by atoms with Crippen molar-refractivity contribution in [2.75, 3.05) is 18.0 Å². The molecule has 0 atom stereocenters. The van der Waals surface area contributed by atoms with Crippen molar-refractivity contribution >= 4 is 26.8 Å². The molecule has 6 nitrogen and oxygen atoms in total. The average Bonchev–Trinajstić information content (AvgIpc) is 2.58. The smallest absolute Gasteiger partial charge is 0.422 e. The fourth-order valence-corrected chi connectivity index (χ4v) is 3.89. The number of halogens is 3. The van der Waals surface area contributed by atoms with Gasteiger partial charge < -0.3 is 13.5 Å². The normalized spacial score (nSPS) is 15.1. The Kier molecular flexibility index (Phi) is 4.87. The van der Waals surface area contributed by atoms with Gasteiger partial charge >= 0.3 is 21.3 Å². The minimum atomic E-state index is -5.91. The first kappa shape index (κ1) is 19.5. The Morgan fingerprint density at radius 3 is 2.56 bits per heavy atom. The Morgan fingerprint density at radius 1 is 1.26 bits per heavy atom. The van der Waals surface area contributed by atoms with E-state index in [-0.39, 0.29) is 11.0 Å². The average molecular weight is 405 g/mol. The lowest BCUT2D eigenvalue weighted by Crippen LogP contribution is -2.30. The predicted molar refractivity (Wildman–Crippen MR) is 93.7 cm³/mol. The van der Waals surface area contributed by atoms with Crippen LogP contribution in [0.1, 0.15) is 31.4 Å². The molecule has 0 amide bonds. The van der Waals surface area contributed by atoms with Gasteiger partial charge in [0.25, 0.3) is 0 Å². The Balaban J connectivity index is 2.31. The van der Waals surface area contributed by atoms with Crippen molar-refractivity contribution in [2.24, 2.45) is 0 Å². The largest absolute Gasteiger partial charge is 0.534 e. The molecule has 2 heterocycles. The summed E-state index contributed by atoms with van der Waals surface area (Å²) in [4.78, 5) is 14.0. The van der Waals surface area contributed by atoms with Gasteiger partial charge in [-0.15, -0.1) is 0 Å². The molecule has 148 valence electrons. The molecule has 0 saturated carbocycles. The second-order valence-electron chi connectivity index (χ2n) is 6.19. The van der Waals surface area contributed by atoms with Gasteiger partial charge in [-0.1, -0.05) is 6.92 Å². The maximum absolute atomic E-state index is 12.7. The standard InChI is InChI=1S/C17H18F3NO5S/c1-3-11-15-10(6-5-7-21(15)4-2)8-12-13(9-14(22)25-16(11)12)26-27(23,24)17(18,19)20/h8-9H,3-7H2,1-2H3. The fraction of sp³-hybridized carbons (Fsp3) is 0.471. The second kappa shape index (κ2) is 6.74. The van der Waals surface area contributed by atoms with Gasteiger partial charge in [0.15, 0.2) is 5.75 Å². The number of aryl methyl sites for hydroxylation is 2. The van der Waals surface area contributed by atoms with E-state index in [1.54, 1.807) is 6.07 Å². The Hall–Kier alpha value is -2.23. The maximum Gasteiger partial charge on any atom is 0.534 e. The molecule has 0 bridgehead atoms. The molecule has 0 N–H and O–H groups in total. The van der Waals surface area contributed by atoms with Gasteiger partial charge in [0, 0.05) is 24.3 Å². The molecule has 0 spiro atoms. The molecule has 1 aromatic carbocycles. The number of nitrogens with zero attached hydrogens (tertiary/aromatic N) is 1. The summed E-state index contributed by atoms with van der Waals surface area (Å²) >= 11 is 0. The molecular weight excluding hydrogens is 387 g/mol. The molecule has 1 aliphatic heterocycles. The van der Waals surface area contributed by atoms with E-state index < -0.39 is 27.0 Å². The van der Waals surface area contributed by atoms with Crippen LogP contribution in [0.25, 0.3) is 11.0 Å². The predicted octanol–water partition coefficient (Wildman–Crippen LogP) is 3.36. The highest BCUT2D eigenvalue weighted by Gasteiger charge is 2.49. The van der Waals surface area contributed by atoms with Crippen LogP contribution in [0, 0.1) is 0 Å². The molecule has 10 heteroatoms. The van der Waals surface area contributed by atoms with Gasteiger partial charge in [-0.25, -0.2) is 4.79 Å². The number of fused-ring (bicyclic) bond motifs is 2. The molecule has 1 aliphatic rings. The first-order valence-electron chi connectivity index (χ1n) is 8.47. The fourth-order valence-electron chi connectivity index (χ4n) is 3.42. The topological polar surface area (TPSA) is 76.8 Å². The third kappa shape index (κ3) is 3.38. The van der Waals surface area contributed by atoms with Crippen LogP contribution in [0.2, 0.25) is 0 Å². The summed E-state index contributed by atoms with van der Waals surface area (Å²) in [7, 11) is -5.91. The summed E-state index contributed by atoms with van der Waals surface area (Å²) in [6.45, 7) is 5.33. The molecule has 2 aromatic rings. The summed E-state index contributed by atoms with van der Waals surface area (Å²) in [6.07, 6.45) is 1.98. The summed E-state index contributed by atoms with van der Waals surface area (Å²) in [5, 5.41) is 0.0379. The minimum Gasteiger partial charge on any atom is -0.422 e. The van der Waals surface area contributed by atoms with E-state index >= 15 is 0 Å². The Morgan fingerprint density at radius 2 is 1.96 bits per heavy atom. The lowest BCUT2D eigenvalue weighted by Gasteiger charge is -2.32. The SMILES string of the molecule is CCc1c2c(cc3c(OS(=O)(=O)C(F)(F)F)cc(=O)oc13)CCCN2CC. The van der Waals surface area contributed by atoms with Crippen LogP contribution < -0.4 is 14.7 Å². The summed E-state index contributed by atoms with van der Waals surface area (Å²) < 4.78 is 70.5. The molecule has 0 radical (unpaired) electrons. The maximum atomic E-state index is 12.7. The molecule has 0 aliphatic carbocycles. The highest BCUT2D eigenvalue weighted by Crippen LogP contribution is 2.40. The van der Waals surface area contributed by atoms with Gasteiger partial charge in [-0.05, 0) is 37.8 Å². The van der Waals surface area contributed by atoms with Gasteiger partial charge in [0.2, 0.25) is 0 Å². The highest BCUT2D eigenvalue weighted by molar-refractivity contribution is 7.88. The Labute approximate surface area is 153 Å². The van der Waals surface area contributed by atoms with Crippen molar-refractivity contribution in [2.45, 2.75) is 38.6 Å². The Bertz CT molecular complexity index is 1040. The molecule has 27 heavy (non-hydrogen) atoms. The summed E-state index contributed by atoms with van der Waals surface area (Å²) in [6, 6.07) is 2.17. The van der Waals surface area contributed by atoms with Crippen molar-refractivity contribution in [3.05, 3.63) is 33.7 Å². The van der Waals surface area contributed by atoms with Gasteiger partial charge in [0.1, 0.15) is 5.58 Å². The summed E-state index contributed by atoms with van der Waals surface area (Å²) in [5.74, 6) is -0.676. The van der Waals surface area contributed by atoms with Gasteiger partial charge in [-0.2, -0.15) is 21.6 Å². The first-order chi connectivity index (χ1) is 12.6. The minimum absolute atomic E-state index is 0.0379. The van der Waals surface area contributed by atoms with Crippen molar-refractivity contribution < 1.29 is 30.2 Å². The van der Waals surface area contributed by atoms with E-state index in [0.717, 1.165) is 24.2 Å². The van der Waals surface area contributed by atoms with Crippen LogP contribution in [0.5, 0.6) is 5.75 Å². The molecular formula is C17H18F3NO5S. The number of alkyl halides is 3.